The number of carbonyl (C=O) groups excluding carboxylic acids is 1. The minimum absolute atomic E-state index is 0.0521. The molecule has 0 radical (unpaired) electrons. The lowest BCUT2D eigenvalue weighted by molar-refractivity contribution is 0.104. The lowest BCUT2D eigenvalue weighted by Gasteiger charge is -2.25. The molecule has 0 atom stereocenters. The largest absolute Gasteiger partial charge is 0.496 e. The van der Waals surface area contributed by atoms with Gasteiger partial charge in [-0.3, -0.25) is 4.79 Å². The summed E-state index contributed by atoms with van der Waals surface area (Å²) < 4.78 is 5.29. The monoisotopic (exact) mass is 350 g/mol. The summed E-state index contributed by atoms with van der Waals surface area (Å²) >= 11 is 0. The van der Waals surface area contributed by atoms with Gasteiger partial charge in [-0.05, 0) is 45.7 Å². The minimum atomic E-state index is -0.0547. The van der Waals surface area contributed by atoms with Gasteiger partial charge >= 0.3 is 0 Å². The zero-order valence-corrected chi connectivity index (χ0v) is 17.0. The van der Waals surface area contributed by atoms with Crippen LogP contribution in [0.1, 0.15) is 68.6 Å². The van der Waals surface area contributed by atoms with Crippen LogP contribution in [0.25, 0.3) is 6.08 Å². The Morgan fingerprint density at radius 3 is 1.92 bits per heavy atom. The number of ether oxygens (including phenoxy) is 1. The van der Waals surface area contributed by atoms with Crippen LogP contribution in [0.5, 0.6) is 5.75 Å². The molecule has 0 unspecified atom stereocenters. The van der Waals surface area contributed by atoms with Crippen LogP contribution in [0, 0.1) is 0 Å². The van der Waals surface area contributed by atoms with Crippen molar-refractivity contribution in [2.75, 3.05) is 7.11 Å². The van der Waals surface area contributed by atoms with Gasteiger partial charge in [-0.25, -0.2) is 0 Å². The van der Waals surface area contributed by atoms with E-state index in [1.54, 1.807) is 25.3 Å². The number of benzene rings is 2. The molecule has 0 saturated carbocycles. The quantitative estimate of drug-likeness (QED) is 0.486. The van der Waals surface area contributed by atoms with Gasteiger partial charge in [0.05, 0.1) is 12.7 Å². The molecule has 0 fully saturated rings. The summed E-state index contributed by atoms with van der Waals surface area (Å²) in [5.41, 5.74) is 4.27. The van der Waals surface area contributed by atoms with Crippen molar-refractivity contribution in [3.63, 3.8) is 0 Å². The van der Waals surface area contributed by atoms with Crippen molar-refractivity contribution in [3.8, 4) is 5.75 Å². The highest BCUT2D eigenvalue weighted by atomic mass is 16.5. The van der Waals surface area contributed by atoms with Crippen LogP contribution in [-0.4, -0.2) is 12.9 Å². The van der Waals surface area contributed by atoms with Crippen LogP contribution in [0.15, 0.2) is 48.5 Å². The van der Waals surface area contributed by atoms with Crippen LogP contribution >= 0.6 is 0 Å². The van der Waals surface area contributed by atoms with Crippen LogP contribution in [0.2, 0.25) is 0 Å². The molecule has 138 valence electrons. The first-order valence-electron chi connectivity index (χ1n) is 9.04. The smallest absolute Gasteiger partial charge is 0.189 e. The average Bonchev–Trinajstić information content (AvgIpc) is 2.57. The van der Waals surface area contributed by atoms with Crippen LogP contribution in [0.4, 0.5) is 0 Å². The Hall–Kier alpha value is -2.35. The molecule has 0 heterocycles. The fourth-order valence-corrected chi connectivity index (χ4v) is 2.72. The number of allylic oxidation sites excluding steroid dienone is 1. The van der Waals surface area contributed by atoms with Crippen molar-refractivity contribution < 1.29 is 9.53 Å². The molecule has 0 saturated heterocycles. The van der Waals surface area contributed by atoms with E-state index in [1.807, 2.05) is 18.2 Å². The molecule has 0 aromatic heterocycles. The van der Waals surface area contributed by atoms with Gasteiger partial charge in [0.15, 0.2) is 5.78 Å². The number of para-hydroxylation sites is 1. The molecular weight excluding hydrogens is 320 g/mol. The Kier molecular flexibility index (Phi) is 5.75. The summed E-state index contributed by atoms with van der Waals surface area (Å²) in [6.45, 7) is 13.3. The van der Waals surface area contributed by atoms with E-state index in [0.29, 0.717) is 11.3 Å². The predicted molar refractivity (Wildman–Crippen MR) is 110 cm³/mol. The van der Waals surface area contributed by atoms with E-state index in [1.165, 1.54) is 11.1 Å². The second kappa shape index (κ2) is 7.49. The Morgan fingerprint density at radius 1 is 0.885 bits per heavy atom. The Labute approximate surface area is 157 Å². The van der Waals surface area contributed by atoms with Gasteiger partial charge < -0.3 is 4.74 Å². The summed E-state index contributed by atoms with van der Waals surface area (Å²) in [6, 6.07) is 13.9. The number of methoxy groups -OCH3 is 1. The van der Waals surface area contributed by atoms with Gasteiger partial charge in [-0.15, -0.1) is 0 Å². The number of rotatable bonds is 4. The summed E-state index contributed by atoms with van der Waals surface area (Å²) in [5, 5.41) is 0. The minimum Gasteiger partial charge on any atom is -0.496 e. The molecule has 2 nitrogen and oxygen atoms in total. The van der Waals surface area contributed by atoms with Gasteiger partial charge in [0, 0.05) is 0 Å². The van der Waals surface area contributed by atoms with E-state index in [9.17, 15) is 4.79 Å². The SMILES string of the molecule is COc1ccccc1C(=O)C=Cc1cc(C(C)(C)C)cc(C(C)(C)C)c1. The molecule has 0 N–H and O–H groups in total. The summed E-state index contributed by atoms with van der Waals surface area (Å²) in [7, 11) is 1.58. The third-order valence-corrected chi connectivity index (χ3v) is 4.49. The van der Waals surface area contributed by atoms with Crippen molar-refractivity contribution in [2.45, 2.75) is 52.4 Å². The van der Waals surface area contributed by atoms with Crippen molar-refractivity contribution in [3.05, 3.63) is 70.8 Å². The Balaban J connectivity index is 2.42. The van der Waals surface area contributed by atoms with E-state index >= 15 is 0 Å². The number of hydrogen-bond donors (Lipinski definition) is 0. The van der Waals surface area contributed by atoms with Gasteiger partial charge in [0.25, 0.3) is 0 Å². The maximum absolute atomic E-state index is 12.6. The van der Waals surface area contributed by atoms with E-state index < -0.39 is 0 Å². The van der Waals surface area contributed by atoms with Crippen molar-refractivity contribution in [2.24, 2.45) is 0 Å². The topological polar surface area (TPSA) is 26.3 Å². The number of ketones is 1. The Morgan fingerprint density at radius 2 is 1.42 bits per heavy atom. The molecule has 0 aliphatic carbocycles. The molecule has 0 spiro atoms. The molecule has 2 heteroatoms. The van der Waals surface area contributed by atoms with Gasteiger partial charge in [-0.1, -0.05) is 78.0 Å². The lowest BCUT2D eigenvalue weighted by atomic mass is 9.79. The fraction of sp³-hybridized carbons (Fsp3) is 0.375. The highest BCUT2D eigenvalue weighted by Crippen LogP contribution is 2.31. The molecule has 2 rings (SSSR count). The molecule has 0 aliphatic heterocycles. The highest BCUT2D eigenvalue weighted by molar-refractivity contribution is 6.08. The molecular formula is C24H30O2. The van der Waals surface area contributed by atoms with Gasteiger partial charge in [-0.2, -0.15) is 0 Å². The molecule has 2 aromatic rings. The Bertz CT molecular complexity index is 783. The second-order valence-corrected chi connectivity index (χ2v) is 8.74. The molecule has 0 bridgehead atoms. The predicted octanol–water partition coefficient (Wildman–Crippen LogP) is 6.19. The van der Waals surface area contributed by atoms with Crippen molar-refractivity contribution in [1.82, 2.24) is 0 Å². The summed E-state index contributed by atoms with van der Waals surface area (Å²) in [6.07, 6.45) is 3.53. The molecule has 26 heavy (non-hydrogen) atoms. The first-order chi connectivity index (χ1) is 12.0. The van der Waals surface area contributed by atoms with Gasteiger partial charge in [0.2, 0.25) is 0 Å². The van der Waals surface area contributed by atoms with Gasteiger partial charge in [0.1, 0.15) is 5.75 Å². The van der Waals surface area contributed by atoms with E-state index in [4.69, 9.17) is 4.74 Å². The zero-order valence-electron chi connectivity index (χ0n) is 17.0. The van der Waals surface area contributed by atoms with Crippen LogP contribution in [0.3, 0.4) is 0 Å². The second-order valence-electron chi connectivity index (χ2n) is 8.74. The first-order valence-corrected chi connectivity index (χ1v) is 9.04. The summed E-state index contributed by atoms with van der Waals surface area (Å²) in [4.78, 5) is 12.6. The summed E-state index contributed by atoms with van der Waals surface area (Å²) in [5.74, 6) is 0.543. The van der Waals surface area contributed by atoms with Crippen LogP contribution in [-0.2, 0) is 10.8 Å². The molecule has 0 amide bonds. The fourth-order valence-electron chi connectivity index (χ4n) is 2.72. The molecule has 0 aliphatic rings. The number of hydrogen-bond acceptors (Lipinski definition) is 2. The normalized spacial score (nSPS) is 12.4. The number of carbonyl (C=O) groups is 1. The highest BCUT2D eigenvalue weighted by Gasteiger charge is 2.20. The maximum Gasteiger partial charge on any atom is 0.189 e. The first kappa shape index (κ1) is 20.0. The van der Waals surface area contributed by atoms with Crippen LogP contribution < -0.4 is 4.74 Å². The van der Waals surface area contributed by atoms with E-state index in [0.717, 1.165) is 5.56 Å². The average molecular weight is 351 g/mol. The lowest BCUT2D eigenvalue weighted by Crippen LogP contribution is -2.16. The van der Waals surface area contributed by atoms with E-state index in [-0.39, 0.29) is 16.6 Å². The molecule has 2 aromatic carbocycles. The third kappa shape index (κ3) is 4.85. The zero-order chi connectivity index (χ0) is 19.5. The van der Waals surface area contributed by atoms with Crippen molar-refractivity contribution in [1.29, 1.82) is 0 Å². The van der Waals surface area contributed by atoms with Crippen molar-refractivity contribution >= 4 is 11.9 Å². The maximum atomic E-state index is 12.6. The standard InChI is InChI=1S/C24H30O2/c1-23(2,3)18-14-17(15-19(16-18)24(4,5)6)12-13-21(25)20-10-8-9-11-22(20)26-7/h8-16H,1-7H3. The van der Waals surface area contributed by atoms with E-state index in [2.05, 4.69) is 59.7 Å². The third-order valence-electron chi connectivity index (χ3n) is 4.49.